The highest BCUT2D eigenvalue weighted by Crippen LogP contribution is 2.10. The lowest BCUT2D eigenvalue weighted by molar-refractivity contribution is -0.122. The van der Waals surface area contributed by atoms with Crippen molar-refractivity contribution in [2.24, 2.45) is 5.73 Å². The summed E-state index contributed by atoms with van der Waals surface area (Å²) in [5.41, 5.74) is 6.61. The number of hydrogen-bond acceptors (Lipinski definition) is 3. The number of hydrogen-bond donors (Lipinski definition) is 3. The highest BCUT2D eigenvalue weighted by atomic mass is 35.5. The van der Waals surface area contributed by atoms with E-state index < -0.39 is 6.04 Å². The molecule has 0 bridgehead atoms. The third kappa shape index (κ3) is 4.89. The number of amides is 1. The summed E-state index contributed by atoms with van der Waals surface area (Å²) in [6.07, 6.45) is 0.404. The van der Waals surface area contributed by atoms with Crippen LogP contribution in [-0.2, 0) is 11.2 Å². The first-order valence-corrected chi connectivity index (χ1v) is 5.51. The monoisotopic (exact) mass is 254 g/mol. The first-order chi connectivity index (χ1) is 7.99. The van der Waals surface area contributed by atoms with Crippen molar-refractivity contribution in [3.05, 3.63) is 41.4 Å². The third-order valence-corrected chi connectivity index (χ3v) is 2.32. The maximum Gasteiger partial charge on any atom is 0.237 e. The number of halogens is 1. The van der Waals surface area contributed by atoms with Crippen LogP contribution in [0.25, 0.3) is 0 Å². The number of phenols is 1. The largest absolute Gasteiger partial charge is 0.508 e. The topological polar surface area (TPSA) is 75.4 Å². The molecule has 4 N–H and O–H groups in total. The zero-order valence-electron chi connectivity index (χ0n) is 9.32. The number of aromatic hydroxyl groups is 1. The van der Waals surface area contributed by atoms with Crippen LogP contribution >= 0.6 is 11.6 Å². The Hall–Kier alpha value is -1.52. The van der Waals surface area contributed by atoms with Gasteiger partial charge in [-0.1, -0.05) is 30.3 Å². The molecule has 92 valence electrons. The van der Waals surface area contributed by atoms with Crippen LogP contribution in [0, 0.1) is 0 Å². The molecule has 17 heavy (non-hydrogen) atoms. The summed E-state index contributed by atoms with van der Waals surface area (Å²) in [6, 6.07) is 5.92. The Labute approximate surface area is 105 Å². The van der Waals surface area contributed by atoms with Crippen molar-refractivity contribution in [2.75, 3.05) is 6.54 Å². The van der Waals surface area contributed by atoms with Crippen molar-refractivity contribution in [1.29, 1.82) is 0 Å². The number of rotatable bonds is 5. The number of nitrogens with one attached hydrogen (secondary N) is 1. The minimum atomic E-state index is -0.643. The quantitative estimate of drug-likeness (QED) is 0.737. The second-order valence-electron chi connectivity index (χ2n) is 3.71. The molecule has 4 nitrogen and oxygen atoms in total. The third-order valence-electron chi connectivity index (χ3n) is 2.18. The van der Waals surface area contributed by atoms with E-state index in [9.17, 15) is 4.79 Å². The highest BCUT2D eigenvalue weighted by molar-refractivity contribution is 6.29. The summed E-state index contributed by atoms with van der Waals surface area (Å²) in [4.78, 5) is 11.5. The fourth-order valence-electron chi connectivity index (χ4n) is 1.29. The Morgan fingerprint density at radius 3 is 2.59 bits per heavy atom. The van der Waals surface area contributed by atoms with E-state index in [-0.39, 0.29) is 18.2 Å². The lowest BCUT2D eigenvalue weighted by Crippen LogP contribution is -2.42. The van der Waals surface area contributed by atoms with Crippen LogP contribution in [0.1, 0.15) is 5.56 Å². The molecule has 0 fully saturated rings. The lowest BCUT2D eigenvalue weighted by Gasteiger charge is -2.11. The molecule has 1 aromatic rings. The van der Waals surface area contributed by atoms with Crippen LogP contribution in [-0.4, -0.2) is 23.6 Å². The molecule has 0 aromatic heterocycles. The zero-order chi connectivity index (χ0) is 12.8. The fourth-order valence-corrected chi connectivity index (χ4v) is 1.36. The van der Waals surface area contributed by atoms with Gasteiger partial charge in [-0.15, -0.1) is 0 Å². The molecular formula is C12H15ClN2O2. The van der Waals surface area contributed by atoms with Gasteiger partial charge in [-0.05, 0) is 24.1 Å². The van der Waals surface area contributed by atoms with E-state index in [1.165, 1.54) is 0 Å². The average Bonchev–Trinajstić information content (AvgIpc) is 2.28. The molecule has 0 aliphatic carbocycles. The van der Waals surface area contributed by atoms with Gasteiger partial charge in [0.15, 0.2) is 0 Å². The van der Waals surface area contributed by atoms with Gasteiger partial charge in [-0.2, -0.15) is 0 Å². The Morgan fingerprint density at radius 2 is 2.06 bits per heavy atom. The minimum absolute atomic E-state index is 0.185. The van der Waals surface area contributed by atoms with E-state index in [4.69, 9.17) is 22.4 Å². The first-order valence-electron chi connectivity index (χ1n) is 5.13. The maximum absolute atomic E-state index is 11.5. The molecule has 0 saturated carbocycles. The zero-order valence-corrected chi connectivity index (χ0v) is 10.1. The molecule has 5 heteroatoms. The second-order valence-corrected chi connectivity index (χ2v) is 4.25. The Balaban J connectivity index is 2.48. The molecule has 0 heterocycles. The van der Waals surface area contributed by atoms with Crippen molar-refractivity contribution in [2.45, 2.75) is 12.5 Å². The molecule has 0 saturated heterocycles. The summed E-state index contributed by atoms with van der Waals surface area (Å²) in [5.74, 6) is -0.0925. The van der Waals surface area contributed by atoms with Crippen LogP contribution in [0.5, 0.6) is 5.75 Å². The summed E-state index contributed by atoms with van der Waals surface area (Å²) in [7, 11) is 0. The highest BCUT2D eigenvalue weighted by Gasteiger charge is 2.13. The van der Waals surface area contributed by atoms with Crippen molar-refractivity contribution < 1.29 is 9.90 Å². The Kier molecular flexibility index (Phi) is 5.00. The summed E-state index contributed by atoms with van der Waals surface area (Å²) < 4.78 is 0. The molecule has 1 atom stereocenters. The average molecular weight is 255 g/mol. The van der Waals surface area contributed by atoms with Crippen molar-refractivity contribution in [3.8, 4) is 5.75 Å². The second kappa shape index (κ2) is 6.27. The van der Waals surface area contributed by atoms with E-state index in [0.717, 1.165) is 5.56 Å². The lowest BCUT2D eigenvalue weighted by atomic mass is 10.1. The Morgan fingerprint density at radius 1 is 1.47 bits per heavy atom. The molecule has 0 radical (unpaired) electrons. The molecule has 1 amide bonds. The van der Waals surface area contributed by atoms with Gasteiger partial charge in [0.25, 0.3) is 0 Å². The number of carbonyl (C=O) groups is 1. The summed E-state index contributed by atoms with van der Waals surface area (Å²) >= 11 is 5.53. The van der Waals surface area contributed by atoms with E-state index in [0.29, 0.717) is 11.5 Å². The van der Waals surface area contributed by atoms with Gasteiger partial charge < -0.3 is 16.2 Å². The predicted molar refractivity (Wildman–Crippen MR) is 67.8 cm³/mol. The predicted octanol–water partition coefficient (Wildman–Crippen LogP) is 1.13. The van der Waals surface area contributed by atoms with Gasteiger partial charge in [0.05, 0.1) is 12.6 Å². The van der Waals surface area contributed by atoms with Gasteiger partial charge in [0, 0.05) is 5.03 Å². The van der Waals surface area contributed by atoms with Crippen LogP contribution in [0.3, 0.4) is 0 Å². The van der Waals surface area contributed by atoms with Crippen LogP contribution in [0.15, 0.2) is 35.9 Å². The van der Waals surface area contributed by atoms with Gasteiger partial charge in [-0.3, -0.25) is 4.79 Å². The number of carbonyl (C=O) groups excluding carboxylic acids is 1. The SMILES string of the molecule is C=C(Cl)CNC(=O)[C@@H](N)Cc1ccc(O)cc1. The van der Waals surface area contributed by atoms with E-state index in [1.807, 2.05) is 0 Å². The fraction of sp³-hybridized carbons (Fsp3) is 0.250. The van der Waals surface area contributed by atoms with Crippen molar-refractivity contribution in [3.63, 3.8) is 0 Å². The first kappa shape index (κ1) is 13.5. The number of benzene rings is 1. The summed E-state index contributed by atoms with van der Waals surface area (Å²) in [5, 5.41) is 12.0. The van der Waals surface area contributed by atoms with Gasteiger partial charge >= 0.3 is 0 Å². The molecular weight excluding hydrogens is 240 g/mol. The molecule has 1 rings (SSSR count). The standard InChI is InChI=1S/C12H15ClN2O2/c1-8(13)7-15-12(17)11(14)6-9-2-4-10(16)5-3-9/h2-5,11,16H,1,6-7,14H2,(H,15,17)/t11-/m0/s1. The summed E-state index contributed by atoms with van der Waals surface area (Å²) in [6.45, 7) is 3.67. The molecule has 1 aromatic carbocycles. The molecule has 0 aliphatic heterocycles. The van der Waals surface area contributed by atoms with Gasteiger partial charge in [0.1, 0.15) is 5.75 Å². The number of phenolic OH excluding ortho intramolecular Hbond substituents is 1. The number of nitrogens with two attached hydrogens (primary N) is 1. The van der Waals surface area contributed by atoms with Gasteiger partial charge in [-0.25, -0.2) is 0 Å². The normalized spacial score (nSPS) is 11.9. The molecule has 0 unspecified atom stereocenters. The van der Waals surface area contributed by atoms with Crippen LogP contribution in [0.2, 0.25) is 0 Å². The van der Waals surface area contributed by atoms with E-state index in [2.05, 4.69) is 11.9 Å². The maximum atomic E-state index is 11.5. The Bertz CT molecular complexity index is 403. The molecule has 0 aliphatic rings. The van der Waals surface area contributed by atoms with E-state index >= 15 is 0 Å². The van der Waals surface area contributed by atoms with Crippen molar-refractivity contribution >= 4 is 17.5 Å². The van der Waals surface area contributed by atoms with Crippen LogP contribution < -0.4 is 11.1 Å². The smallest absolute Gasteiger partial charge is 0.237 e. The minimum Gasteiger partial charge on any atom is -0.508 e. The van der Waals surface area contributed by atoms with Crippen LogP contribution in [0.4, 0.5) is 0 Å². The molecule has 0 spiro atoms. The van der Waals surface area contributed by atoms with Crippen molar-refractivity contribution in [1.82, 2.24) is 5.32 Å². The van der Waals surface area contributed by atoms with Gasteiger partial charge in [0.2, 0.25) is 5.91 Å². The van der Waals surface area contributed by atoms with E-state index in [1.54, 1.807) is 24.3 Å².